The van der Waals surface area contributed by atoms with Crippen LogP contribution >= 0.6 is 0 Å². The molecule has 0 radical (unpaired) electrons. The topological polar surface area (TPSA) is 35.6 Å². The molecule has 3 heterocycles. The van der Waals surface area contributed by atoms with Crippen molar-refractivity contribution in [2.45, 2.75) is 0 Å². The third-order valence-electron chi connectivity index (χ3n) is 9.49. The molecule has 4 heteroatoms. The molecule has 0 atom stereocenters. The first-order valence-corrected chi connectivity index (χ1v) is 16.7. The third kappa shape index (κ3) is 4.77. The van der Waals surface area contributed by atoms with Crippen molar-refractivity contribution in [3.05, 3.63) is 183 Å². The Kier molecular flexibility index (Phi) is 7.07. The molecular formula is C46H32N4. The van der Waals surface area contributed by atoms with Gasteiger partial charge in [0.05, 0.1) is 33.5 Å². The van der Waals surface area contributed by atoms with Gasteiger partial charge >= 0.3 is 0 Å². The molecule has 0 aliphatic carbocycles. The van der Waals surface area contributed by atoms with Gasteiger partial charge in [-0.1, -0.05) is 134 Å². The number of para-hydroxylation sites is 2. The van der Waals surface area contributed by atoms with Crippen molar-refractivity contribution in [3.63, 3.8) is 0 Å². The van der Waals surface area contributed by atoms with Crippen LogP contribution in [0.5, 0.6) is 0 Å². The van der Waals surface area contributed by atoms with E-state index in [1.807, 2.05) is 54.6 Å². The molecular weight excluding hydrogens is 609 g/mol. The second-order valence-electron chi connectivity index (χ2n) is 12.4. The summed E-state index contributed by atoms with van der Waals surface area (Å²) in [4.78, 5) is 10.4. The van der Waals surface area contributed by atoms with E-state index in [2.05, 4.69) is 138 Å². The van der Waals surface area contributed by atoms with Crippen molar-refractivity contribution in [3.8, 4) is 39.6 Å². The zero-order valence-electron chi connectivity index (χ0n) is 27.4. The number of fused-ring (bicyclic) bond motifs is 6. The number of nitrogens with zero attached hydrogens (tertiary/aromatic N) is 4. The molecule has 0 N–H and O–H groups in total. The zero-order chi connectivity index (χ0) is 33.6. The van der Waals surface area contributed by atoms with Gasteiger partial charge in [0.2, 0.25) is 5.95 Å². The molecule has 0 unspecified atom stereocenters. The molecule has 0 saturated carbocycles. The smallest absolute Gasteiger partial charge is 0.235 e. The summed E-state index contributed by atoms with van der Waals surface area (Å²) in [5.74, 6) is 0.637. The zero-order valence-corrected chi connectivity index (χ0v) is 27.4. The first kappa shape index (κ1) is 29.4. The van der Waals surface area contributed by atoms with E-state index in [9.17, 15) is 0 Å². The normalized spacial score (nSPS) is 11.9. The molecule has 50 heavy (non-hydrogen) atoms. The fourth-order valence-corrected chi connectivity index (χ4v) is 7.20. The molecule has 0 spiro atoms. The summed E-state index contributed by atoms with van der Waals surface area (Å²) in [7, 11) is 0. The van der Waals surface area contributed by atoms with Gasteiger partial charge < -0.3 is 4.57 Å². The summed E-state index contributed by atoms with van der Waals surface area (Å²) in [6.45, 7) is 8.02. The molecule has 0 amide bonds. The van der Waals surface area contributed by atoms with E-state index in [1.54, 1.807) is 0 Å². The molecule has 3 aromatic heterocycles. The molecule has 0 bridgehead atoms. The van der Waals surface area contributed by atoms with E-state index < -0.39 is 0 Å². The minimum Gasteiger partial charge on any atom is -0.309 e. The van der Waals surface area contributed by atoms with Gasteiger partial charge in [-0.3, -0.25) is 4.57 Å². The number of hydrogen-bond donors (Lipinski definition) is 0. The molecule has 0 aliphatic rings. The second kappa shape index (κ2) is 12.0. The van der Waals surface area contributed by atoms with E-state index in [1.165, 1.54) is 10.8 Å². The SMILES string of the molecule is C=C/C=C(\C=C)n1c2ccccc2c2cc(-c3ccc4c5ccccc5n(-c5nc(-c6ccccc6)cc(-c6ccccc6)n5)c4c3)ccc21. The van der Waals surface area contributed by atoms with Crippen LogP contribution in [0, 0.1) is 0 Å². The minimum absolute atomic E-state index is 0.637. The van der Waals surface area contributed by atoms with E-state index in [-0.39, 0.29) is 0 Å². The lowest BCUT2D eigenvalue weighted by molar-refractivity contribution is 0.996. The number of aromatic nitrogens is 4. The molecule has 9 rings (SSSR count). The Morgan fingerprint density at radius 1 is 0.460 bits per heavy atom. The predicted molar refractivity (Wildman–Crippen MR) is 210 cm³/mol. The van der Waals surface area contributed by atoms with Crippen molar-refractivity contribution in [1.82, 2.24) is 19.1 Å². The summed E-state index contributed by atoms with van der Waals surface area (Å²) < 4.78 is 4.47. The van der Waals surface area contributed by atoms with E-state index in [0.717, 1.165) is 72.2 Å². The van der Waals surface area contributed by atoms with Gasteiger partial charge in [0.25, 0.3) is 0 Å². The first-order chi connectivity index (χ1) is 24.7. The molecule has 0 fully saturated rings. The highest BCUT2D eigenvalue weighted by atomic mass is 15.2. The van der Waals surface area contributed by atoms with Crippen molar-refractivity contribution in [2.75, 3.05) is 0 Å². The highest BCUT2D eigenvalue weighted by Crippen LogP contribution is 2.38. The summed E-state index contributed by atoms with van der Waals surface area (Å²) in [5.41, 5.74) is 11.5. The summed E-state index contributed by atoms with van der Waals surface area (Å²) in [6, 6.07) is 53.3. The first-order valence-electron chi connectivity index (χ1n) is 16.7. The maximum atomic E-state index is 5.22. The fourth-order valence-electron chi connectivity index (χ4n) is 7.20. The quantitative estimate of drug-likeness (QED) is 0.163. The van der Waals surface area contributed by atoms with Crippen LogP contribution in [0.4, 0.5) is 0 Å². The maximum Gasteiger partial charge on any atom is 0.235 e. The van der Waals surface area contributed by atoms with Crippen molar-refractivity contribution < 1.29 is 0 Å². The van der Waals surface area contributed by atoms with Gasteiger partial charge in [0.1, 0.15) is 0 Å². The van der Waals surface area contributed by atoms with Crippen LogP contribution in [0.15, 0.2) is 183 Å². The lowest BCUT2D eigenvalue weighted by atomic mass is 10.0. The van der Waals surface area contributed by atoms with Crippen LogP contribution in [0.2, 0.25) is 0 Å². The van der Waals surface area contributed by atoms with Gasteiger partial charge in [0.15, 0.2) is 0 Å². The Morgan fingerprint density at radius 2 is 1.00 bits per heavy atom. The molecule has 236 valence electrons. The van der Waals surface area contributed by atoms with Crippen LogP contribution in [0.3, 0.4) is 0 Å². The fraction of sp³-hybridized carbons (Fsp3) is 0. The Labute approximate surface area is 290 Å². The summed E-state index contributed by atoms with van der Waals surface area (Å²) >= 11 is 0. The van der Waals surface area contributed by atoms with Crippen LogP contribution in [-0.4, -0.2) is 19.1 Å². The van der Waals surface area contributed by atoms with Crippen LogP contribution in [0.1, 0.15) is 0 Å². The van der Waals surface area contributed by atoms with Crippen molar-refractivity contribution in [2.24, 2.45) is 0 Å². The molecule has 9 aromatic rings. The Bertz CT molecular complexity index is 2720. The Balaban J connectivity index is 1.28. The Hall–Kier alpha value is -6.78. The van der Waals surface area contributed by atoms with Crippen LogP contribution in [-0.2, 0) is 0 Å². The van der Waals surface area contributed by atoms with Crippen molar-refractivity contribution in [1.29, 1.82) is 0 Å². The average Bonchev–Trinajstić information content (AvgIpc) is 3.69. The second-order valence-corrected chi connectivity index (χ2v) is 12.4. The Morgan fingerprint density at radius 3 is 1.66 bits per heavy atom. The monoisotopic (exact) mass is 640 g/mol. The van der Waals surface area contributed by atoms with Gasteiger partial charge in [-0.15, -0.1) is 0 Å². The van der Waals surface area contributed by atoms with Crippen molar-refractivity contribution >= 4 is 49.3 Å². The van der Waals surface area contributed by atoms with E-state index in [0.29, 0.717) is 5.95 Å². The highest BCUT2D eigenvalue weighted by Gasteiger charge is 2.18. The molecule has 0 aliphatic heterocycles. The third-order valence-corrected chi connectivity index (χ3v) is 9.49. The molecule has 0 saturated heterocycles. The van der Waals surface area contributed by atoms with Gasteiger partial charge in [0, 0.05) is 38.4 Å². The number of allylic oxidation sites excluding steroid dienone is 4. The number of rotatable bonds is 7. The van der Waals surface area contributed by atoms with E-state index >= 15 is 0 Å². The number of benzene rings is 6. The van der Waals surface area contributed by atoms with Gasteiger partial charge in [-0.2, -0.15) is 0 Å². The molecule has 4 nitrogen and oxygen atoms in total. The number of hydrogen-bond acceptors (Lipinski definition) is 2. The maximum absolute atomic E-state index is 5.22. The average molecular weight is 641 g/mol. The largest absolute Gasteiger partial charge is 0.309 e. The predicted octanol–water partition coefficient (Wildman–Crippen LogP) is 11.9. The lowest BCUT2D eigenvalue weighted by Gasteiger charge is -2.12. The summed E-state index contributed by atoms with van der Waals surface area (Å²) in [5, 5.41) is 4.69. The summed E-state index contributed by atoms with van der Waals surface area (Å²) in [6.07, 6.45) is 5.69. The van der Waals surface area contributed by atoms with Crippen LogP contribution < -0.4 is 0 Å². The highest BCUT2D eigenvalue weighted by molar-refractivity contribution is 6.13. The molecule has 6 aromatic carbocycles. The minimum atomic E-state index is 0.637. The van der Waals surface area contributed by atoms with Gasteiger partial charge in [-0.05, 0) is 59.7 Å². The standard InChI is InChI=1S/C46H32N4/c1-3-15-35(4-2)49-42-22-13-12-21-37(42)39-28-33(25-27-44(39)49)34-24-26-38-36-20-11-14-23-43(36)50(45(38)29-34)46-47-40(31-16-7-5-8-17-31)30-41(48-46)32-18-9-6-10-19-32/h3-30H,1-2H2/b35-15+. The van der Waals surface area contributed by atoms with E-state index in [4.69, 9.17) is 9.97 Å². The van der Waals surface area contributed by atoms with Crippen LogP contribution in [0.25, 0.3) is 88.9 Å². The van der Waals surface area contributed by atoms with Gasteiger partial charge in [-0.25, -0.2) is 9.97 Å². The lowest BCUT2D eigenvalue weighted by Crippen LogP contribution is -2.04.